The van der Waals surface area contributed by atoms with Gasteiger partial charge in [0, 0.05) is 6.54 Å². The molecule has 6 nitrogen and oxygen atoms in total. The number of anilines is 1. The molecule has 1 aromatic heterocycles. The SMILES string of the molecule is Nc1c(C(=O)NCc2ccc(F)cc2)nsc1C(=O)O. The Morgan fingerprint density at radius 3 is 2.55 bits per heavy atom. The number of carbonyl (C=O) groups excluding carboxylic acids is 1. The summed E-state index contributed by atoms with van der Waals surface area (Å²) in [6, 6.07) is 5.62. The van der Waals surface area contributed by atoms with Gasteiger partial charge in [0.2, 0.25) is 0 Å². The van der Waals surface area contributed by atoms with Crippen LogP contribution in [0.5, 0.6) is 0 Å². The Hall–Kier alpha value is -2.48. The van der Waals surface area contributed by atoms with Crippen molar-refractivity contribution >= 4 is 29.1 Å². The molecule has 0 atom stereocenters. The summed E-state index contributed by atoms with van der Waals surface area (Å²) >= 11 is 0.651. The van der Waals surface area contributed by atoms with Gasteiger partial charge in [-0.25, -0.2) is 9.18 Å². The van der Waals surface area contributed by atoms with Crippen molar-refractivity contribution in [3.8, 4) is 0 Å². The van der Waals surface area contributed by atoms with Crippen LogP contribution in [-0.2, 0) is 6.54 Å². The number of hydrogen-bond acceptors (Lipinski definition) is 5. The lowest BCUT2D eigenvalue weighted by atomic mass is 10.2. The fourth-order valence-electron chi connectivity index (χ4n) is 1.48. The Bertz CT molecular complexity index is 654. The van der Waals surface area contributed by atoms with E-state index in [2.05, 4.69) is 9.69 Å². The standard InChI is InChI=1S/C12H10FN3O3S/c13-7-3-1-6(2-4-7)5-15-11(17)9-8(14)10(12(18)19)20-16-9/h1-4H,5,14H2,(H,15,17)(H,18,19). The van der Waals surface area contributed by atoms with Gasteiger partial charge in [0.1, 0.15) is 5.82 Å². The molecule has 104 valence electrons. The van der Waals surface area contributed by atoms with E-state index in [4.69, 9.17) is 10.8 Å². The second kappa shape index (κ2) is 5.66. The monoisotopic (exact) mass is 295 g/mol. The summed E-state index contributed by atoms with van der Waals surface area (Å²) in [5, 5.41) is 11.4. The van der Waals surface area contributed by atoms with Crippen molar-refractivity contribution in [2.24, 2.45) is 0 Å². The zero-order chi connectivity index (χ0) is 14.7. The molecule has 0 saturated heterocycles. The van der Waals surface area contributed by atoms with Gasteiger partial charge in [0.25, 0.3) is 5.91 Å². The predicted molar refractivity (Wildman–Crippen MR) is 71.1 cm³/mol. The summed E-state index contributed by atoms with van der Waals surface area (Å²) in [5.74, 6) is -2.16. The van der Waals surface area contributed by atoms with Crippen LogP contribution >= 0.6 is 11.5 Å². The number of nitrogens with zero attached hydrogens (tertiary/aromatic N) is 1. The van der Waals surface area contributed by atoms with Crippen LogP contribution in [0.25, 0.3) is 0 Å². The molecule has 0 aliphatic heterocycles. The number of nitrogens with two attached hydrogens (primary N) is 1. The van der Waals surface area contributed by atoms with Crippen molar-refractivity contribution in [1.82, 2.24) is 9.69 Å². The molecule has 0 aliphatic rings. The molecule has 0 saturated carbocycles. The number of benzene rings is 1. The van der Waals surface area contributed by atoms with Crippen LogP contribution in [0.15, 0.2) is 24.3 Å². The molecule has 0 fully saturated rings. The summed E-state index contributed by atoms with van der Waals surface area (Å²) in [4.78, 5) is 22.5. The zero-order valence-electron chi connectivity index (χ0n) is 10.1. The van der Waals surface area contributed by atoms with Gasteiger partial charge in [-0.1, -0.05) is 12.1 Å². The van der Waals surface area contributed by atoms with Crippen molar-refractivity contribution in [3.63, 3.8) is 0 Å². The number of nitrogen functional groups attached to an aromatic ring is 1. The normalized spacial score (nSPS) is 10.2. The number of nitrogens with one attached hydrogen (secondary N) is 1. The molecule has 1 heterocycles. The van der Waals surface area contributed by atoms with Crippen LogP contribution in [0.3, 0.4) is 0 Å². The Morgan fingerprint density at radius 1 is 1.35 bits per heavy atom. The van der Waals surface area contributed by atoms with Crippen LogP contribution in [-0.4, -0.2) is 21.4 Å². The summed E-state index contributed by atoms with van der Waals surface area (Å²) in [6.45, 7) is 0.165. The van der Waals surface area contributed by atoms with E-state index in [0.717, 1.165) is 0 Å². The van der Waals surface area contributed by atoms with Gasteiger partial charge < -0.3 is 16.2 Å². The molecule has 4 N–H and O–H groups in total. The van der Waals surface area contributed by atoms with Gasteiger partial charge in [-0.3, -0.25) is 4.79 Å². The Kier molecular flexibility index (Phi) is 3.94. The smallest absolute Gasteiger partial charge is 0.349 e. The van der Waals surface area contributed by atoms with Gasteiger partial charge in [-0.2, -0.15) is 4.37 Å². The van der Waals surface area contributed by atoms with Crippen molar-refractivity contribution < 1.29 is 19.1 Å². The van der Waals surface area contributed by atoms with Gasteiger partial charge in [0.15, 0.2) is 10.6 Å². The molecular weight excluding hydrogens is 285 g/mol. The Morgan fingerprint density at radius 2 is 2.00 bits per heavy atom. The minimum atomic E-state index is -1.22. The van der Waals surface area contributed by atoms with Gasteiger partial charge >= 0.3 is 5.97 Å². The number of amides is 1. The maximum atomic E-state index is 12.7. The molecular formula is C12H10FN3O3S. The van der Waals surface area contributed by atoms with Crippen molar-refractivity contribution in [2.75, 3.05) is 5.73 Å². The van der Waals surface area contributed by atoms with E-state index < -0.39 is 11.9 Å². The lowest BCUT2D eigenvalue weighted by molar-refractivity contribution is 0.0703. The molecule has 0 aliphatic carbocycles. The highest BCUT2D eigenvalue weighted by molar-refractivity contribution is 7.08. The fourth-order valence-corrected chi connectivity index (χ4v) is 2.12. The average molecular weight is 295 g/mol. The van der Waals surface area contributed by atoms with E-state index in [1.54, 1.807) is 0 Å². The predicted octanol–water partition coefficient (Wildman–Crippen LogP) is 1.49. The fraction of sp³-hybridized carbons (Fsp3) is 0.0833. The highest BCUT2D eigenvalue weighted by Crippen LogP contribution is 2.21. The lowest BCUT2D eigenvalue weighted by Gasteiger charge is -2.04. The number of carbonyl (C=O) groups is 2. The van der Waals surface area contributed by atoms with E-state index in [1.165, 1.54) is 24.3 Å². The molecule has 2 rings (SSSR count). The third kappa shape index (κ3) is 2.91. The summed E-state index contributed by atoms with van der Waals surface area (Å²) < 4.78 is 16.4. The quantitative estimate of drug-likeness (QED) is 0.792. The number of halogens is 1. The van der Waals surface area contributed by atoms with Gasteiger partial charge in [-0.05, 0) is 29.2 Å². The van der Waals surface area contributed by atoms with Crippen LogP contribution in [0.1, 0.15) is 25.7 Å². The number of aromatic carboxylic acids is 1. The first-order chi connectivity index (χ1) is 9.49. The van der Waals surface area contributed by atoms with Crippen molar-refractivity contribution in [1.29, 1.82) is 0 Å². The Balaban J connectivity index is 2.05. The first-order valence-corrected chi connectivity index (χ1v) is 6.27. The minimum absolute atomic E-state index is 0.116. The lowest BCUT2D eigenvalue weighted by Crippen LogP contribution is -2.24. The van der Waals surface area contributed by atoms with E-state index in [9.17, 15) is 14.0 Å². The van der Waals surface area contributed by atoms with Crippen LogP contribution in [0, 0.1) is 5.82 Å². The minimum Gasteiger partial charge on any atom is -0.477 e. The molecule has 1 aromatic carbocycles. The van der Waals surface area contributed by atoms with E-state index in [1.807, 2.05) is 0 Å². The third-order valence-electron chi connectivity index (χ3n) is 2.50. The van der Waals surface area contributed by atoms with Crippen LogP contribution in [0.2, 0.25) is 0 Å². The first-order valence-electron chi connectivity index (χ1n) is 5.50. The van der Waals surface area contributed by atoms with E-state index in [-0.39, 0.29) is 28.6 Å². The largest absolute Gasteiger partial charge is 0.477 e. The zero-order valence-corrected chi connectivity index (χ0v) is 10.9. The number of aromatic nitrogens is 1. The van der Waals surface area contributed by atoms with E-state index >= 15 is 0 Å². The maximum absolute atomic E-state index is 12.7. The summed E-state index contributed by atoms with van der Waals surface area (Å²) in [5.41, 5.74) is 5.98. The molecule has 2 aromatic rings. The van der Waals surface area contributed by atoms with Crippen LogP contribution in [0.4, 0.5) is 10.1 Å². The first kappa shape index (κ1) is 13.9. The van der Waals surface area contributed by atoms with Gasteiger partial charge in [0.05, 0.1) is 5.69 Å². The second-order valence-corrected chi connectivity index (χ2v) is 4.66. The number of hydrogen-bond donors (Lipinski definition) is 3. The number of carboxylic acid groups (broad SMARTS) is 1. The van der Waals surface area contributed by atoms with Crippen molar-refractivity contribution in [3.05, 3.63) is 46.2 Å². The number of carboxylic acids is 1. The molecule has 0 spiro atoms. The maximum Gasteiger partial charge on any atom is 0.349 e. The average Bonchev–Trinajstić information content (AvgIpc) is 2.80. The van der Waals surface area contributed by atoms with Gasteiger partial charge in [-0.15, -0.1) is 0 Å². The molecule has 8 heteroatoms. The Labute approximate surface area is 117 Å². The molecule has 0 bridgehead atoms. The molecule has 1 amide bonds. The van der Waals surface area contributed by atoms with E-state index in [0.29, 0.717) is 17.1 Å². The third-order valence-corrected chi connectivity index (χ3v) is 3.35. The second-order valence-electron chi connectivity index (χ2n) is 3.89. The summed E-state index contributed by atoms with van der Waals surface area (Å²) in [7, 11) is 0. The van der Waals surface area contributed by atoms with Crippen molar-refractivity contribution in [2.45, 2.75) is 6.54 Å². The van der Waals surface area contributed by atoms with Crippen LogP contribution < -0.4 is 11.1 Å². The highest BCUT2D eigenvalue weighted by Gasteiger charge is 2.21. The summed E-state index contributed by atoms with van der Waals surface area (Å²) in [6.07, 6.45) is 0. The molecule has 0 radical (unpaired) electrons. The molecule has 20 heavy (non-hydrogen) atoms. The number of rotatable bonds is 4. The highest BCUT2D eigenvalue weighted by atomic mass is 32.1. The topological polar surface area (TPSA) is 105 Å². The molecule has 0 unspecified atom stereocenters.